The zero-order chi connectivity index (χ0) is 22.8. The lowest BCUT2D eigenvalue weighted by Crippen LogP contribution is -2.47. The van der Waals surface area contributed by atoms with E-state index in [0.29, 0.717) is 16.3 Å². The van der Waals surface area contributed by atoms with Gasteiger partial charge < -0.3 is 10.6 Å². The molecule has 2 aromatic carbocycles. The highest BCUT2D eigenvalue weighted by molar-refractivity contribution is 7.89. The van der Waals surface area contributed by atoms with Crippen LogP contribution in [-0.4, -0.2) is 31.3 Å². The predicted octanol–water partition coefficient (Wildman–Crippen LogP) is 3.85. The Morgan fingerprint density at radius 1 is 1.10 bits per heavy atom. The summed E-state index contributed by atoms with van der Waals surface area (Å²) < 4.78 is 28.7. The van der Waals surface area contributed by atoms with E-state index in [4.69, 9.17) is 11.6 Å². The quantitative estimate of drug-likeness (QED) is 0.474. The molecule has 0 saturated heterocycles. The van der Waals surface area contributed by atoms with Crippen molar-refractivity contribution in [3.8, 4) is 0 Å². The third-order valence-electron chi connectivity index (χ3n) is 4.28. The van der Waals surface area contributed by atoms with Crippen LogP contribution in [0.5, 0.6) is 0 Å². The standard InChI is InChI=1S/C20H21ClN4O4S2/c1-11(2)18(25-31(28,29)15-6-4-5-13(21)9-15)19(27)24-20-23-16-8-7-14(22-12(3)26)10-17(16)30-20/h4-11,18,25H,1-3H3,(H,22,26)(H,23,24,27)/t18-/m0/s1. The van der Waals surface area contributed by atoms with E-state index < -0.39 is 22.0 Å². The van der Waals surface area contributed by atoms with Crippen molar-refractivity contribution in [2.45, 2.75) is 31.7 Å². The summed E-state index contributed by atoms with van der Waals surface area (Å²) in [6.45, 7) is 4.89. The van der Waals surface area contributed by atoms with Crippen LogP contribution in [0.1, 0.15) is 20.8 Å². The number of nitrogens with zero attached hydrogens (tertiary/aromatic N) is 1. The third-order valence-corrected chi connectivity index (χ3v) is 6.88. The third kappa shape index (κ3) is 5.79. The maximum atomic E-state index is 12.9. The van der Waals surface area contributed by atoms with Gasteiger partial charge in [0.05, 0.1) is 15.1 Å². The van der Waals surface area contributed by atoms with Crippen molar-refractivity contribution in [2.24, 2.45) is 5.92 Å². The number of amides is 2. The molecule has 0 spiro atoms. The number of anilines is 2. The number of sulfonamides is 1. The molecule has 3 aromatic rings. The van der Waals surface area contributed by atoms with Gasteiger partial charge >= 0.3 is 0 Å². The van der Waals surface area contributed by atoms with Crippen LogP contribution in [0.3, 0.4) is 0 Å². The summed E-state index contributed by atoms with van der Waals surface area (Å²) >= 11 is 7.12. The topological polar surface area (TPSA) is 117 Å². The van der Waals surface area contributed by atoms with Gasteiger partial charge in [0.25, 0.3) is 0 Å². The number of fused-ring (bicyclic) bond motifs is 1. The van der Waals surface area contributed by atoms with Gasteiger partial charge in [-0.1, -0.05) is 42.9 Å². The summed E-state index contributed by atoms with van der Waals surface area (Å²) in [6.07, 6.45) is 0. The second-order valence-corrected chi connectivity index (χ2v) is 10.4. The van der Waals surface area contributed by atoms with Crippen LogP contribution in [0.4, 0.5) is 10.8 Å². The molecular weight excluding hydrogens is 460 g/mol. The first-order valence-corrected chi connectivity index (χ1v) is 12.0. The van der Waals surface area contributed by atoms with Gasteiger partial charge in [-0.3, -0.25) is 9.59 Å². The van der Waals surface area contributed by atoms with E-state index >= 15 is 0 Å². The van der Waals surface area contributed by atoms with Gasteiger partial charge in [0.1, 0.15) is 6.04 Å². The normalized spacial score (nSPS) is 12.7. The van der Waals surface area contributed by atoms with Crippen LogP contribution in [0.15, 0.2) is 47.4 Å². The summed E-state index contributed by atoms with van der Waals surface area (Å²) in [5.74, 6) is -1.04. The number of thiazole rings is 1. The Labute approximate surface area is 189 Å². The lowest BCUT2D eigenvalue weighted by molar-refractivity contribution is -0.118. The van der Waals surface area contributed by atoms with E-state index in [1.165, 1.54) is 36.5 Å². The average molecular weight is 481 g/mol. The number of rotatable bonds is 7. The van der Waals surface area contributed by atoms with Crippen LogP contribution < -0.4 is 15.4 Å². The fraction of sp³-hybridized carbons (Fsp3) is 0.250. The predicted molar refractivity (Wildman–Crippen MR) is 123 cm³/mol. The highest BCUT2D eigenvalue weighted by Crippen LogP contribution is 2.29. The zero-order valence-electron chi connectivity index (χ0n) is 17.0. The lowest BCUT2D eigenvalue weighted by atomic mass is 10.1. The molecule has 0 unspecified atom stereocenters. The van der Waals surface area contributed by atoms with Crippen molar-refractivity contribution < 1.29 is 18.0 Å². The Morgan fingerprint density at radius 3 is 2.48 bits per heavy atom. The molecule has 0 radical (unpaired) electrons. The molecule has 3 rings (SSSR count). The molecule has 0 bridgehead atoms. The molecule has 8 nitrogen and oxygen atoms in total. The molecule has 31 heavy (non-hydrogen) atoms. The van der Waals surface area contributed by atoms with Crippen LogP contribution in [0.25, 0.3) is 10.2 Å². The Hall–Kier alpha value is -2.53. The molecule has 0 aliphatic carbocycles. The fourth-order valence-corrected chi connectivity index (χ4v) is 5.36. The Bertz CT molecular complexity index is 1240. The number of carbonyl (C=O) groups excluding carboxylic acids is 2. The molecule has 1 heterocycles. The SMILES string of the molecule is CC(=O)Nc1ccc2nc(NC(=O)[C@@H](NS(=O)(=O)c3cccc(Cl)c3)C(C)C)sc2c1. The van der Waals surface area contributed by atoms with Crippen LogP contribution in [0, 0.1) is 5.92 Å². The van der Waals surface area contributed by atoms with E-state index in [2.05, 4.69) is 20.3 Å². The van der Waals surface area contributed by atoms with Crippen molar-refractivity contribution >= 4 is 65.8 Å². The number of carbonyl (C=O) groups is 2. The minimum Gasteiger partial charge on any atom is -0.326 e. The van der Waals surface area contributed by atoms with Crippen molar-refractivity contribution in [1.29, 1.82) is 0 Å². The highest BCUT2D eigenvalue weighted by Gasteiger charge is 2.29. The summed E-state index contributed by atoms with van der Waals surface area (Å²) in [5.41, 5.74) is 1.27. The number of hydrogen-bond acceptors (Lipinski definition) is 6. The van der Waals surface area contributed by atoms with E-state index in [1.807, 2.05) is 0 Å². The maximum Gasteiger partial charge on any atom is 0.244 e. The molecular formula is C20H21ClN4O4S2. The van der Waals surface area contributed by atoms with Gasteiger partial charge in [-0.15, -0.1) is 0 Å². The second-order valence-electron chi connectivity index (χ2n) is 7.17. The zero-order valence-corrected chi connectivity index (χ0v) is 19.4. The van der Waals surface area contributed by atoms with Crippen LogP contribution in [0.2, 0.25) is 5.02 Å². The van der Waals surface area contributed by atoms with E-state index in [-0.39, 0.29) is 21.7 Å². The monoisotopic (exact) mass is 480 g/mol. The van der Waals surface area contributed by atoms with Crippen molar-refractivity contribution in [3.05, 3.63) is 47.5 Å². The first-order chi connectivity index (χ1) is 14.5. The number of hydrogen-bond donors (Lipinski definition) is 3. The maximum absolute atomic E-state index is 12.9. The Balaban J connectivity index is 1.80. The highest BCUT2D eigenvalue weighted by atomic mass is 35.5. The molecule has 0 saturated carbocycles. The van der Waals surface area contributed by atoms with E-state index in [9.17, 15) is 18.0 Å². The first kappa shape index (κ1) is 23.1. The Morgan fingerprint density at radius 2 is 1.84 bits per heavy atom. The summed E-state index contributed by atoms with van der Waals surface area (Å²) in [4.78, 5) is 28.4. The molecule has 3 N–H and O–H groups in total. The lowest BCUT2D eigenvalue weighted by Gasteiger charge is -2.21. The molecule has 0 aliphatic heterocycles. The van der Waals surface area contributed by atoms with Gasteiger partial charge in [-0.05, 0) is 42.3 Å². The molecule has 2 amide bonds. The van der Waals surface area contributed by atoms with Crippen LogP contribution >= 0.6 is 22.9 Å². The van der Waals surface area contributed by atoms with Crippen molar-refractivity contribution in [3.63, 3.8) is 0 Å². The molecule has 1 atom stereocenters. The minimum absolute atomic E-state index is 0.0241. The average Bonchev–Trinajstić information content (AvgIpc) is 3.06. The van der Waals surface area contributed by atoms with Gasteiger partial charge in [-0.2, -0.15) is 4.72 Å². The number of nitrogens with one attached hydrogen (secondary N) is 3. The molecule has 164 valence electrons. The molecule has 11 heteroatoms. The van der Waals surface area contributed by atoms with Gasteiger partial charge in [0.15, 0.2) is 5.13 Å². The van der Waals surface area contributed by atoms with Gasteiger partial charge in [0, 0.05) is 17.6 Å². The number of benzene rings is 2. The second kappa shape index (κ2) is 9.31. The smallest absolute Gasteiger partial charge is 0.244 e. The fourth-order valence-electron chi connectivity index (χ4n) is 2.80. The largest absolute Gasteiger partial charge is 0.326 e. The number of halogens is 1. The minimum atomic E-state index is -3.96. The van der Waals surface area contributed by atoms with Crippen molar-refractivity contribution in [2.75, 3.05) is 10.6 Å². The molecule has 1 aromatic heterocycles. The van der Waals surface area contributed by atoms with Crippen LogP contribution in [-0.2, 0) is 19.6 Å². The van der Waals surface area contributed by atoms with E-state index in [0.717, 1.165) is 4.70 Å². The van der Waals surface area contributed by atoms with Gasteiger partial charge in [0.2, 0.25) is 21.8 Å². The molecule has 0 fully saturated rings. The number of aromatic nitrogens is 1. The van der Waals surface area contributed by atoms with Crippen molar-refractivity contribution in [1.82, 2.24) is 9.71 Å². The molecule has 0 aliphatic rings. The van der Waals surface area contributed by atoms with E-state index in [1.54, 1.807) is 38.1 Å². The summed E-state index contributed by atoms with van der Waals surface area (Å²) in [5, 5.41) is 5.98. The Kier molecular flexibility index (Phi) is 6.95. The first-order valence-electron chi connectivity index (χ1n) is 9.32. The summed E-state index contributed by atoms with van der Waals surface area (Å²) in [7, 11) is -3.96. The summed E-state index contributed by atoms with van der Waals surface area (Å²) in [6, 6.07) is 10.00. The van der Waals surface area contributed by atoms with Gasteiger partial charge in [-0.25, -0.2) is 13.4 Å².